The number of likely N-dealkylation sites (tertiary alicyclic amines) is 1. The van der Waals surface area contributed by atoms with Crippen LogP contribution in [0.4, 0.5) is 0 Å². The SMILES string of the molecule is Cc1ccc(CN2CC(C(=O)N(C)C3CCc4ccccc43)CC2=O)cc1. The molecule has 2 amide bonds. The summed E-state index contributed by atoms with van der Waals surface area (Å²) in [6.07, 6.45) is 2.31. The van der Waals surface area contributed by atoms with Crippen molar-refractivity contribution < 1.29 is 9.59 Å². The van der Waals surface area contributed by atoms with Crippen LogP contribution in [0.2, 0.25) is 0 Å². The van der Waals surface area contributed by atoms with Gasteiger partial charge in [-0.05, 0) is 36.5 Å². The first kappa shape index (κ1) is 17.8. The molecule has 4 rings (SSSR count). The number of aryl methyl sites for hydroxylation is 2. The van der Waals surface area contributed by atoms with Gasteiger partial charge in [0.15, 0.2) is 0 Å². The monoisotopic (exact) mass is 362 g/mol. The summed E-state index contributed by atoms with van der Waals surface area (Å²) in [6, 6.07) is 16.7. The third kappa shape index (κ3) is 3.48. The van der Waals surface area contributed by atoms with E-state index in [2.05, 4.69) is 49.4 Å². The Morgan fingerprint density at radius 1 is 1.15 bits per heavy atom. The maximum atomic E-state index is 13.1. The smallest absolute Gasteiger partial charge is 0.228 e. The minimum atomic E-state index is -0.235. The van der Waals surface area contributed by atoms with Gasteiger partial charge in [-0.3, -0.25) is 9.59 Å². The van der Waals surface area contributed by atoms with Gasteiger partial charge in [-0.1, -0.05) is 54.1 Å². The Hall–Kier alpha value is -2.62. The highest BCUT2D eigenvalue weighted by Gasteiger charge is 2.38. The van der Waals surface area contributed by atoms with Gasteiger partial charge in [0.05, 0.1) is 12.0 Å². The number of hydrogen-bond donors (Lipinski definition) is 0. The second-order valence-corrected chi connectivity index (χ2v) is 7.86. The molecule has 2 atom stereocenters. The van der Waals surface area contributed by atoms with Crippen LogP contribution in [0.15, 0.2) is 48.5 Å². The molecule has 0 radical (unpaired) electrons. The summed E-state index contributed by atoms with van der Waals surface area (Å²) in [5, 5.41) is 0. The van der Waals surface area contributed by atoms with Gasteiger partial charge in [-0.15, -0.1) is 0 Å². The van der Waals surface area contributed by atoms with Gasteiger partial charge in [0, 0.05) is 26.6 Å². The first-order valence-electron chi connectivity index (χ1n) is 9.70. The van der Waals surface area contributed by atoms with Crippen LogP contribution in [-0.4, -0.2) is 35.2 Å². The van der Waals surface area contributed by atoms with E-state index in [0.29, 0.717) is 19.5 Å². The van der Waals surface area contributed by atoms with E-state index < -0.39 is 0 Å². The quantitative estimate of drug-likeness (QED) is 0.835. The highest BCUT2D eigenvalue weighted by molar-refractivity contribution is 5.89. The Balaban J connectivity index is 1.42. The van der Waals surface area contributed by atoms with Crippen molar-refractivity contribution in [2.24, 2.45) is 5.92 Å². The Morgan fingerprint density at radius 3 is 2.67 bits per heavy atom. The molecule has 2 unspecified atom stereocenters. The molecule has 1 saturated heterocycles. The minimum absolute atomic E-state index is 0.0779. The molecule has 1 heterocycles. The molecule has 0 bridgehead atoms. The standard InChI is InChI=1S/C23H26N2O2/c1-16-7-9-17(10-8-16)14-25-15-19(13-22(25)26)23(27)24(2)21-12-11-18-5-3-4-6-20(18)21/h3-10,19,21H,11-15H2,1-2H3. The van der Waals surface area contributed by atoms with Crippen molar-refractivity contribution in [3.63, 3.8) is 0 Å². The van der Waals surface area contributed by atoms with Gasteiger partial charge < -0.3 is 9.80 Å². The van der Waals surface area contributed by atoms with E-state index in [1.54, 1.807) is 0 Å². The lowest BCUT2D eigenvalue weighted by atomic mass is 10.0. The van der Waals surface area contributed by atoms with Crippen LogP contribution in [0, 0.1) is 12.8 Å². The zero-order valence-corrected chi connectivity index (χ0v) is 16.0. The van der Waals surface area contributed by atoms with Crippen molar-refractivity contribution in [3.05, 3.63) is 70.8 Å². The van der Waals surface area contributed by atoms with Crippen molar-refractivity contribution in [1.29, 1.82) is 0 Å². The molecule has 27 heavy (non-hydrogen) atoms. The predicted octanol–water partition coefficient (Wildman–Crippen LogP) is 3.49. The molecule has 140 valence electrons. The van der Waals surface area contributed by atoms with E-state index in [0.717, 1.165) is 18.4 Å². The van der Waals surface area contributed by atoms with Crippen LogP contribution in [0.5, 0.6) is 0 Å². The van der Waals surface area contributed by atoms with Crippen LogP contribution < -0.4 is 0 Å². The molecule has 1 aliphatic heterocycles. The summed E-state index contributed by atoms with van der Waals surface area (Å²) < 4.78 is 0. The molecular weight excluding hydrogens is 336 g/mol. The van der Waals surface area contributed by atoms with Gasteiger partial charge in [0.2, 0.25) is 11.8 Å². The molecule has 1 fully saturated rings. The molecule has 4 heteroatoms. The lowest BCUT2D eigenvalue weighted by molar-refractivity contribution is -0.136. The van der Waals surface area contributed by atoms with Crippen LogP contribution in [-0.2, 0) is 22.6 Å². The Labute approximate surface area is 160 Å². The lowest BCUT2D eigenvalue weighted by Crippen LogP contribution is -2.36. The van der Waals surface area contributed by atoms with E-state index in [-0.39, 0.29) is 23.8 Å². The molecule has 0 spiro atoms. The van der Waals surface area contributed by atoms with Crippen LogP contribution in [0.3, 0.4) is 0 Å². The van der Waals surface area contributed by atoms with Gasteiger partial charge in [0.25, 0.3) is 0 Å². The van der Waals surface area contributed by atoms with E-state index in [4.69, 9.17) is 0 Å². The Kier molecular flexibility index (Phi) is 4.73. The second kappa shape index (κ2) is 7.18. The molecule has 2 aromatic rings. The fraction of sp³-hybridized carbons (Fsp3) is 0.391. The van der Waals surface area contributed by atoms with E-state index >= 15 is 0 Å². The molecule has 2 aliphatic rings. The lowest BCUT2D eigenvalue weighted by Gasteiger charge is -2.28. The zero-order chi connectivity index (χ0) is 19.0. The molecule has 4 nitrogen and oxygen atoms in total. The number of carbonyl (C=O) groups is 2. The number of fused-ring (bicyclic) bond motifs is 1. The van der Waals surface area contributed by atoms with E-state index in [1.165, 1.54) is 16.7 Å². The largest absolute Gasteiger partial charge is 0.338 e. The molecule has 1 aliphatic carbocycles. The number of carbonyl (C=O) groups excluding carboxylic acids is 2. The summed E-state index contributed by atoms with van der Waals surface area (Å²) in [5.41, 5.74) is 4.91. The summed E-state index contributed by atoms with van der Waals surface area (Å²) in [5.74, 6) is -0.0636. The van der Waals surface area contributed by atoms with Crippen molar-refractivity contribution in [2.75, 3.05) is 13.6 Å². The molecule has 2 aromatic carbocycles. The van der Waals surface area contributed by atoms with Crippen molar-refractivity contribution >= 4 is 11.8 Å². The number of amides is 2. The fourth-order valence-electron chi connectivity index (χ4n) is 4.38. The summed E-state index contributed by atoms with van der Waals surface area (Å²) in [4.78, 5) is 29.2. The number of hydrogen-bond acceptors (Lipinski definition) is 2. The average Bonchev–Trinajstić information content (AvgIpc) is 3.26. The first-order chi connectivity index (χ1) is 13.0. The summed E-state index contributed by atoms with van der Waals surface area (Å²) >= 11 is 0. The van der Waals surface area contributed by atoms with Crippen molar-refractivity contribution in [1.82, 2.24) is 9.80 Å². The average molecular weight is 362 g/mol. The topological polar surface area (TPSA) is 40.6 Å². The fourth-order valence-corrected chi connectivity index (χ4v) is 4.38. The Morgan fingerprint density at radius 2 is 1.89 bits per heavy atom. The number of rotatable bonds is 4. The first-order valence-corrected chi connectivity index (χ1v) is 9.70. The zero-order valence-electron chi connectivity index (χ0n) is 16.0. The number of benzene rings is 2. The van der Waals surface area contributed by atoms with Gasteiger partial charge in [0.1, 0.15) is 0 Å². The molecule has 0 saturated carbocycles. The van der Waals surface area contributed by atoms with E-state index in [1.807, 2.05) is 22.9 Å². The summed E-state index contributed by atoms with van der Waals surface area (Å²) in [6.45, 7) is 3.15. The van der Waals surface area contributed by atoms with Crippen LogP contribution in [0.25, 0.3) is 0 Å². The van der Waals surface area contributed by atoms with Gasteiger partial charge in [-0.2, -0.15) is 0 Å². The van der Waals surface area contributed by atoms with Gasteiger partial charge >= 0.3 is 0 Å². The van der Waals surface area contributed by atoms with Crippen LogP contribution in [0.1, 0.15) is 41.1 Å². The number of nitrogens with zero attached hydrogens (tertiary/aromatic N) is 2. The van der Waals surface area contributed by atoms with Crippen molar-refractivity contribution in [3.8, 4) is 0 Å². The van der Waals surface area contributed by atoms with Crippen LogP contribution >= 0.6 is 0 Å². The van der Waals surface area contributed by atoms with E-state index in [9.17, 15) is 9.59 Å². The molecule has 0 N–H and O–H groups in total. The maximum Gasteiger partial charge on any atom is 0.228 e. The van der Waals surface area contributed by atoms with Gasteiger partial charge in [-0.25, -0.2) is 0 Å². The second-order valence-electron chi connectivity index (χ2n) is 7.86. The highest BCUT2D eigenvalue weighted by atomic mass is 16.2. The highest BCUT2D eigenvalue weighted by Crippen LogP contribution is 2.36. The predicted molar refractivity (Wildman–Crippen MR) is 105 cm³/mol. The minimum Gasteiger partial charge on any atom is -0.338 e. The summed E-state index contributed by atoms with van der Waals surface area (Å²) in [7, 11) is 1.89. The maximum absolute atomic E-state index is 13.1. The third-order valence-electron chi connectivity index (χ3n) is 5.97. The third-order valence-corrected chi connectivity index (χ3v) is 5.97. The molecular formula is C23H26N2O2. The van der Waals surface area contributed by atoms with Crippen molar-refractivity contribution in [2.45, 2.75) is 38.8 Å². The Bertz CT molecular complexity index is 859. The molecule has 0 aromatic heterocycles. The normalized spacial score (nSPS) is 21.4.